The molecule has 5 heteroatoms. The summed E-state index contributed by atoms with van der Waals surface area (Å²) in [6.45, 7) is 0. The molecule has 15 heavy (non-hydrogen) atoms. The molecule has 0 amide bonds. The minimum absolute atomic E-state index is 1.77. The van der Waals surface area contributed by atoms with Gasteiger partial charge >= 0.3 is 61.0 Å². The van der Waals surface area contributed by atoms with Gasteiger partial charge in [0.05, 0.1) is 0 Å². The largest absolute Gasteiger partial charge is 0.214 e. The Kier molecular flexibility index (Phi) is 11.4. The molecular formula is C10H10Br4Mo-2. The minimum Gasteiger partial charge on any atom is -0.214 e. The standard InChI is InChI=1S/2C5H5.4BrH.Mo/c2*1-2-4-5-3-1;;;;;/h2*1-5H;4*1H;/q2*-1;;;;;+4/p-4. The van der Waals surface area contributed by atoms with Crippen LogP contribution in [0.15, 0.2) is 60.7 Å². The molecule has 0 bridgehead atoms. The van der Waals surface area contributed by atoms with Crippen molar-refractivity contribution in [3.8, 4) is 0 Å². The molecule has 0 aliphatic heterocycles. The average molecular weight is 546 g/mol. The van der Waals surface area contributed by atoms with E-state index in [2.05, 4.69) is 53.2 Å². The molecule has 0 aliphatic rings. The van der Waals surface area contributed by atoms with E-state index in [9.17, 15) is 0 Å². The molecule has 2 rings (SSSR count). The maximum absolute atomic E-state index is 3.32. The predicted molar refractivity (Wildman–Crippen MR) is 79.8 cm³/mol. The Bertz CT molecular complexity index is 217. The van der Waals surface area contributed by atoms with Crippen LogP contribution in [0, 0.1) is 0 Å². The van der Waals surface area contributed by atoms with Gasteiger partial charge in [0.25, 0.3) is 0 Å². The average Bonchev–Trinajstić information content (AvgIpc) is 2.81. The van der Waals surface area contributed by atoms with Crippen molar-refractivity contribution in [1.82, 2.24) is 0 Å². The molecular weight excluding hydrogens is 536 g/mol. The summed E-state index contributed by atoms with van der Waals surface area (Å²) < 4.78 is 0. The second-order valence-corrected chi connectivity index (χ2v) is 57.8. The smallest absolute Gasteiger partial charge is 0.172 e. The summed E-state index contributed by atoms with van der Waals surface area (Å²) in [5.41, 5.74) is 0. The summed E-state index contributed by atoms with van der Waals surface area (Å²) in [7, 11) is -1.77. The maximum atomic E-state index is 3.32. The van der Waals surface area contributed by atoms with E-state index in [1.807, 2.05) is 60.7 Å². The number of rotatable bonds is 0. The first kappa shape index (κ1) is 16.3. The molecule has 0 nitrogen and oxygen atoms in total. The van der Waals surface area contributed by atoms with Crippen LogP contribution in [0.1, 0.15) is 0 Å². The third-order valence-electron chi connectivity index (χ3n) is 1.11. The fourth-order valence-corrected chi connectivity index (χ4v) is 0.642. The van der Waals surface area contributed by atoms with E-state index in [4.69, 9.17) is 0 Å². The quantitative estimate of drug-likeness (QED) is 0.274. The first-order valence-electron chi connectivity index (χ1n) is 3.95. The monoisotopic (exact) mass is 544 g/mol. The van der Waals surface area contributed by atoms with Crippen molar-refractivity contribution in [1.29, 1.82) is 0 Å². The van der Waals surface area contributed by atoms with E-state index in [1.165, 1.54) is 0 Å². The van der Waals surface area contributed by atoms with Gasteiger partial charge in [-0.25, -0.2) is 24.3 Å². The Balaban J connectivity index is 0.000000196. The Morgan fingerprint density at radius 3 is 0.867 bits per heavy atom. The maximum Gasteiger partial charge on any atom is -0.172 e. The van der Waals surface area contributed by atoms with E-state index in [0.717, 1.165) is 0 Å². The van der Waals surface area contributed by atoms with Gasteiger partial charge in [-0.3, -0.25) is 0 Å². The molecule has 2 aromatic rings. The Morgan fingerprint density at radius 2 is 0.800 bits per heavy atom. The van der Waals surface area contributed by atoms with Crippen LogP contribution in [0.4, 0.5) is 0 Å². The van der Waals surface area contributed by atoms with Gasteiger partial charge in [0.2, 0.25) is 0 Å². The van der Waals surface area contributed by atoms with Crippen LogP contribution in [-0.2, 0) is 7.84 Å². The zero-order chi connectivity index (χ0) is 11.6. The second kappa shape index (κ2) is 10.5. The van der Waals surface area contributed by atoms with Crippen LogP contribution in [0.5, 0.6) is 0 Å². The van der Waals surface area contributed by atoms with Gasteiger partial charge < -0.3 is 0 Å². The molecule has 0 spiro atoms. The Labute approximate surface area is 120 Å². The summed E-state index contributed by atoms with van der Waals surface area (Å²) in [6, 6.07) is 20.0. The van der Waals surface area contributed by atoms with E-state index >= 15 is 0 Å². The fourth-order valence-electron chi connectivity index (χ4n) is 0.642. The van der Waals surface area contributed by atoms with Crippen LogP contribution in [0.25, 0.3) is 0 Å². The van der Waals surface area contributed by atoms with Crippen LogP contribution in [0.3, 0.4) is 0 Å². The van der Waals surface area contributed by atoms with Crippen LogP contribution < -0.4 is 0 Å². The van der Waals surface area contributed by atoms with Gasteiger partial charge in [0.15, 0.2) is 0 Å². The summed E-state index contributed by atoms with van der Waals surface area (Å²) in [6.07, 6.45) is 0. The van der Waals surface area contributed by atoms with Crippen molar-refractivity contribution in [3.63, 3.8) is 0 Å². The molecule has 86 valence electrons. The third kappa shape index (κ3) is 21.2. The summed E-state index contributed by atoms with van der Waals surface area (Å²) in [5, 5.41) is 0. The molecule has 0 aromatic heterocycles. The topological polar surface area (TPSA) is 0 Å². The van der Waals surface area contributed by atoms with Crippen molar-refractivity contribution in [2.75, 3.05) is 0 Å². The summed E-state index contributed by atoms with van der Waals surface area (Å²) in [4.78, 5) is 0. The summed E-state index contributed by atoms with van der Waals surface area (Å²) >= 11 is 13.3. The third-order valence-corrected chi connectivity index (χ3v) is 1.11. The van der Waals surface area contributed by atoms with E-state index < -0.39 is 7.84 Å². The first-order chi connectivity index (χ1) is 7.00. The van der Waals surface area contributed by atoms with Crippen LogP contribution in [0.2, 0.25) is 0 Å². The number of hydrogen-bond donors (Lipinski definition) is 0. The van der Waals surface area contributed by atoms with Crippen molar-refractivity contribution in [2.24, 2.45) is 0 Å². The van der Waals surface area contributed by atoms with Gasteiger partial charge in [-0.2, -0.15) is 36.4 Å². The van der Waals surface area contributed by atoms with Crippen molar-refractivity contribution >= 4 is 53.2 Å². The number of halogens is 4. The molecule has 0 heterocycles. The molecule has 0 unspecified atom stereocenters. The van der Waals surface area contributed by atoms with Gasteiger partial charge in [-0.05, 0) is 0 Å². The second-order valence-electron chi connectivity index (χ2n) is 2.27. The van der Waals surface area contributed by atoms with Gasteiger partial charge in [0, 0.05) is 0 Å². The zero-order valence-corrected chi connectivity index (χ0v) is 16.0. The predicted octanol–water partition coefficient (Wildman–Crippen LogP) is 6.19. The molecule has 0 aliphatic carbocycles. The van der Waals surface area contributed by atoms with Crippen LogP contribution >= 0.6 is 53.2 Å². The molecule has 0 N–H and O–H groups in total. The van der Waals surface area contributed by atoms with E-state index in [1.54, 1.807) is 0 Å². The van der Waals surface area contributed by atoms with Crippen LogP contribution in [-0.4, -0.2) is 0 Å². The van der Waals surface area contributed by atoms with Crippen molar-refractivity contribution < 1.29 is 7.84 Å². The molecule has 0 radical (unpaired) electrons. The normalized spacial score (nSPS) is 10.4. The van der Waals surface area contributed by atoms with Gasteiger partial charge in [-0.1, -0.05) is 0 Å². The van der Waals surface area contributed by atoms with E-state index in [0.29, 0.717) is 0 Å². The molecule has 0 atom stereocenters. The molecule has 0 saturated heterocycles. The first-order valence-corrected chi connectivity index (χ1v) is 22.3. The van der Waals surface area contributed by atoms with Crippen molar-refractivity contribution in [3.05, 3.63) is 60.7 Å². The molecule has 2 aromatic carbocycles. The molecule has 0 fully saturated rings. The fraction of sp³-hybridized carbons (Fsp3) is 0. The molecule has 0 saturated carbocycles. The van der Waals surface area contributed by atoms with E-state index in [-0.39, 0.29) is 0 Å². The summed E-state index contributed by atoms with van der Waals surface area (Å²) in [5.74, 6) is 0. The Morgan fingerprint density at radius 1 is 0.600 bits per heavy atom. The van der Waals surface area contributed by atoms with Gasteiger partial charge in [0.1, 0.15) is 0 Å². The zero-order valence-electron chi connectivity index (χ0n) is 7.69. The van der Waals surface area contributed by atoms with Crippen molar-refractivity contribution in [2.45, 2.75) is 0 Å². The van der Waals surface area contributed by atoms with Gasteiger partial charge in [-0.15, -0.1) is 0 Å². The number of hydrogen-bond acceptors (Lipinski definition) is 0. The minimum atomic E-state index is -1.77. The SMILES string of the molecule is [Br][Mo]([Br])([Br])[Br].c1cc[cH-]c1.c1cc[cH-]c1. The Hall–Kier alpha value is 1.31.